The van der Waals surface area contributed by atoms with E-state index in [1.54, 1.807) is 0 Å². The summed E-state index contributed by atoms with van der Waals surface area (Å²) in [5, 5.41) is 0. The fraction of sp³-hybridized carbons (Fsp3) is 0.474. The normalized spacial score (nSPS) is 16.7. The predicted molar refractivity (Wildman–Crippen MR) is 108 cm³/mol. The summed E-state index contributed by atoms with van der Waals surface area (Å²) in [6, 6.07) is 7.71. The van der Waals surface area contributed by atoms with Gasteiger partial charge in [-0.05, 0) is 12.5 Å². The number of aryl methyl sites for hydroxylation is 2. The first kappa shape index (κ1) is 21.4. The van der Waals surface area contributed by atoms with Crippen LogP contribution in [-0.2, 0) is 28.9 Å². The molecule has 0 radical (unpaired) electrons. The van der Waals surface area contributed by atoms with Gasteiger partial charge in [-0.1, -0.05) is 29.8 Å². The van der Waals surface area contributed by atoms with Crippen LogP contribution in [-0.4, -0.2) is 55.3 Å². The molecule has 1 aromatic carbocycles. The maximum atomic E-state index is 12.9. The van der Waals surface area contributed by atoms with Crippen molar-refractivity contribution >= 4 is 10.0 Å². The van der Waals surface area contributed by atoms with Crippen molar-refractivity contribution in [1.29, 1.82) is 0 Å². The third-order valence-electron chi connectivity index (χ3n) is 5.08. The number of nitrogens with zero attached hydrogens (tertiary/aromatic N) is 3. The summed E-state index contributed by atoms with van der Waals surface area (Å²) in [4.78, 5) is 25.9. The van der Waals surface area contributed by atoms with E-state index >= 15 is 0 Å². The van der Waals surface area contributed by atoms with Gasteiger partial charge in [0.15, 0.2) is 4.90 Å². The Morgan fingerprint density at radius 1 is 1.17 bits per heavy atom. The van der Waals surface area contributed by atoms with E-state index in [0.717, 1.165) is 26.5 Å². The van der Waals surface area contributed by atoms with Crippen LogP contribution >= 0.6 is 0 Å². The third-order valence-corrected chi connectivity index (χ3v) is 6.49. The van der Waals surface area contributed by atoms with E-state index in [2.05, 4.69) is 9.62 Å². The molecule has 1 N–H and O–H groups in total. The molecule has 2 aromatic rings. The smallest absolute Gasteiger partial charge is 0.330 e. The molecule has 1 saturated heterocycles. The van der Waals surface area contributed by atoms with Crippen molar-refractivity contribution in [3.8, 4) is 0 Å². The topological polar surface area (TPSA) is 103 Å². The second-order valence-corrected chi connectivity index (χ2v) is 8.92. The van der Waals surface area contributed by atoms with Gasteiger partial charge in [0.1, 0.15) is 0 Å². The number of morpholine rings is 1. The Balaban J connectivity index is 1.91. The standard InChI is InChI=1S/C19H26N4O5S/c1-14-5-4-6-15(11-14)16(23-7-9-28-10-8-23)12-20-29(26,27)17-13-21(2)19(25)22(3)18(17)24/h4-6,11,13,16,20H,7-10,12H2,1-3H3. The number of rotatable bonds is 6. The van der Waals surface area contributed by atoms with Crippen LogP contribution in [0.2, 0.25) is 0 Å². The molecule has 3 rings (SSSR count). The molecule has 0 amide bonds. The molecule has 1 aliphatic heterocycles. The lowest BCUT2D eigenvalue weighted by molar-refractivity contribution is 0.0172. The van der Waals surface area contributed by atoms with Crippen LogP contribution in [0, 0.1) is 6.92 Å². The molecule has 0 bridgehead atoms. The molecular weight excluding hydrogens is 396 g/mol. The Labute approximate surface area is 169 Å². The van der Waals surface area contributed by atoms with Crippen molar-refractivity contribution in [1.82, 2.24) is 18.8 Å². The zero-order chi connectivity index (χ0) is 21.2. The number of hydrogen-bond acceptors (Lipinski definition) is 6. The second kappa shape index (κ2) is 8.62. The molecule has 10 heteroatoms. The highest BCUT2D eigenvalue weighted by molar-refractivity contribution is 7.89. The molecule has 1 fully saturated rings. The van der Waals surface area contributed by atoms with Crippen LogP contribution in [0.3, 0.4) is 0 Å². The first-order valence-electron chi connectivity index (χ1n) is 9.35. The van der Waals surface area contributed by atoms with Crippen LogP contribution in [0.4, 0.5) is 0 Å². The summed E-state index contributed by atoms with van der Waals surface area (Å²) in [6.45, 7) is 4.60. The van der Waals surface area contributed by atoms with Crippen molar-refractivity contribution in [2.45, 2.75) is 17.9 Å². The summed E-state index contributed by atoms with van der Waals surface area (Å²) in [5.41, 5.74) is 0.637. The molecule has 0 saturated carbocycles. The molecule has 158 valence electrons. The van der Waals surface area contributed by atoms with Crippen LogP contribution in [0.25, 0.3) is 0 Å². The number of aromatic nitrogens is 2. The lowest BCUT2D eigenvalue weighted by Crippen LogP contribution is -2.45. The summed E-state index contributed by atoms with van der Waals surface area (Å²) < 4.78 is 35.6. The van der Waals surface area contributed by atoms with E-state index in [4.69, 9.17) is 4.74 Å². The molecular formula is C19H26N4O5S. The van der Waals surface area contributed by atoms with Gasteiger partial charge in [0.2, 0.25) is 10.0 Å². The van der Waals surface area contributed by atoms with Crippen molar-refractivity contribution in [3.05, 3.63) is 62.4 Å². The lowest BCUT2D eigenvalue weighted by atomic mass is 10.0. The second-order valence-electron chi connectivity index (χ2n) is 7.18. The molecule has 1 atom stereocenters. The fourth-order valence-electron chi connectivity index (χ4n) is 3.45. The minimum absolute atomic E-state index is 0.0950. The first-order valence-corrected chi connectivity index (χ1v) is 10.8. The number of hydrogen-bond donors (Lipinski definition) is 1. The number of benzene rings is 1. The number of sulfonamides is 1. The van der Waals surface area contributed by atoms with Gasteiger partial charge < -0.3 is 9.30 Å². The molecule has 9 nitrogen and oxygen atoms in total. The van der Waals surface area contributed by atoms with E-state index in [0.29, 0.717) is 26.3 Å². The largest absolute Gasteiger partial charge is 0.379 e. The van der Waals surface area contributed by atoms with E-state index in [9.17, 15) is 18.0 Å². The number of nitrogens with one attached hydrogen (secondary N) is 1. The Morgan fingerprint density at radius 3 is 2.52 bits per heavy atom. The van der Waals surface area contributed by atoms with E-state index in [1.165, 1.54) is 14.1 Å². The van der Waals surface area contributed by atoms with Gasteiger partial charge in [-0.3, -0.25) is 14.3 Å². The minimum atomic E-state index is -4.11. The average Bonchev–Trinajstić information content (AvgIpc) is 2.70. The van der Waals surface area contributed by atoms with E-state index < -0.39 is 26.2 Å². The van der Waals surface area contributed by atoms with Gasteiger partial charge in [0.25, 0.3) is 5.56 Å². The summed E-state index contributed by atoms with van der Waals surface area (Å²) in [6.07, 6.45) is 1.06. The quantitative estimate of drug-likeness (QED) is 0.688. The Morgan fingerprint density at radius 2 is 1.86 bits per heavy atom. The Kier molecular flexibility index (Phi) is 6.37. The molecule has 1 aliphatic rings. The van der Waals surface area contributed by atoms with Gasteiger partial charge in [0.05, 0.1) is 13.2 Å². The predicted octanol–water partition coefficient (Wildman–Crippen LogP) is -0.256. The Bertz CT molecular complexity index is 1100. The van der Waals surface area contributed by atoms with Crippen molar-refractivity contribution in [3.63, 3.8) is 0 Å². The minimum Gasteiger partial charge on any atom is -0.379 e. The van der Waals surface area contributed by atoms with Crippen LogP contribution in [0.1, 0.15) is 17.2 Å². The van der Waals surface area contributed by atoms with Crippen molar-refractivity contribution in [2.24, 2.45) is 14.1 Å². The van der Waals surface area contributed by atoms with Gasteiger partial charge in [0, 0.05) is 46.0 Å². The van der Waals surface area contributed by atoms with E-state index in [1.807, 2.05) is 31.2 Å². The zero-order valence-electron chi connectivity index (χ0n) is 16.8. The van der Waals surface area contributed by atoms with Gasteiger partial charge in [-0.2, -0.15) is 0 Å². The van der Waals surface area contributed by atoms with Crippen molar-refractivity contribution < 1.29 is 13.2 Å². The summed E-state index contributed by atoms with van der Waals surface area (Å²) in [7, 11) is -1.44. The molecule has 2 heterocycles. The third kappa shape index (κ3) is 4.67. The summed E-state index contributed by atoms with van der Waals surface area (Å²) >= 11 is 0. The first-order chi connectivity index (χ1) is 13.7. The van der Waals surface area contributed by atoms with E-state index in [-0.39, 0.29) is 12.6 Å². The fourth-order valence-corrected chi connectivity index (χ4v) is 4.65. The lowest BCUT2D eigenvalue weighted by Gasteiger charge is -2.35. The SMILES string of the molecule is Cc1cccc(C(CNS(=O)(=O)c2cn(C)c(=O)n(C)c2=O)N2CCOCC2)c1. The number of ether oxygens (including phenoxy) is 1. The highest BCUT2D eigenvalue weighted by atomic mass is 32.2. The molecule has 29 heavy (non-hydrogen) atoms. The zero-order valence-corrected chi connectivity index (χ0v) is 17.6. The monoisotopic (exact) mass is 422 g/mol. The maximum absolute atomic E-state index is 12.9. The highest BCUT2D eigenvalue weighted by Crippen LogP contribution is 2.22. The van der Waals surface area contributed by atoms with Crippen LogP contribution < -0.4 is 16.0 Å². The van der Waals surface area contributed by atoms with Gasteiger partial charge >= 0.3 is 5.69 Å². The maximum Gasteiger partial charge on any atom is 0.330 e. The highest BCUT2D eigenvalue weighted by Gasteiger charge is 2.27. The molecule has 1 unspecified atom stereocenters. The average molecular weight is 423 g/mol. The van der Waals surface area contributed by atoms with Gasteiger partial charge in [-0.25, -0.2) is 17.9 Å². The van der Waals surface area contributed by atoms with Crippen molar-refractivity contribution in [2.75, 3.05) is 32.8 Å². The summed E-state index contributed by atoms with van der Waals surface area (Å²) in [5.74, 6) is 0. The molecule has 1 aromatic heterocycles. The Hall–Kier alpha value is -2.27. The van der Waals surface area contributed by atoms with Crippen LogP contribution in [0.5, 0.6) is 0 Å². The van der Waals surface area contributed by atoms with Gasteiger partial charge in [-0.15, -0.1) is 0 Å². The molecule has 0 aliphatic carbocycles. The van der Waals surface area contributed by atoms with Crippen LogP contribution in [0.15, 0.2) is 44.9 Å². The molecule has 0 spiro atoms.